The minimum absolute atomic E-state index is 0.204. The van der Waals surface area contributed by atoms with Crippen molar-refractivity contribution < 1.29 is 18.7 Å². The summed E-state index contributed by atoms with van der Waals surface area (Å²) in [5.41, 5.74) is 1.47. The Hall–Kier alpha value is -3.95. The monoisotopic (exact) mass is 579 g/mol. The summed E-state index contributed by atoms with van der Waals surface area (Å²) in [5.74, 6) is 0.641. The number of furan rings is 1. The molecule has 0 bridgehead atoms. The molecule has 0 amide bonds. The molecule has 0 saturated carbocycles. The molecule has 0 aliphatic rings. The standard InChI is InChI=1S/C27H19BrClN3O5/c1-2-35-25(33)15-36-23-9-7-16(11-20(23)28)14-30-32-26(31-21-6-4-3-5-19(21)27(32)34)24-13-17-12-18(29)8-10-22(17)37-24/h3-14H,2,15H2,1H3. The molecule has 2 aromatic heterocycles. The van der Waals surface area contributed by atoms with E-state index in [1.165, 1.54) is 10.9 Å². The van der Waals surface area contributed by atoms with Gasteiger partial charge in [0.25, 0.3) is 5.56 Å². The quantitative estimate of drug-likeness (QED) is 0.172. The summed E-state index contributed by atoms with van der Waals surface area (Å²) in [5, 5.41) is 6.23. The number of carbonyl (C=O) groups excluding carboxylic acids is 1. The average Bonchev–Trinajstić information content (AvgIpc) is 3.31. The second-order valence-electron chi connectivity index (χ2n) is 7.89. The van der Waals surface area contributed by atoms with Crippen molar-refractivity contribution in [3.63, 3.8) is 0 Å². The maximum Gasteiger partial charge on any atom is 0.344 e. The Kier molecular flexibility index (Phi) is 7.07. The zero-order chi connectivity index (χ0) is 25.9. The van der Waals surface area contributed by atoms with Crippen LogP contribution in [0, 0.1) is 0 Å². The Bertz CT molecular complexity index is 1730. The van der Waals surface area contributed by atoms with Crippen molar-refractivity contribution in [1.82, 2.24) is 9.66 Å². The molecule has 2 heterocycles. The molecule has 0 saturated heterocycles. The van der Waals surface area contributed by atoms with Crippen LogP contribution in [0.1, 0.15) is 12.5 Å². The summed E-state index contributed by atoms with van der Waals surface area (Å²) in [4.78, 5) is 29.6. The van der Waals surface area contributed by atoms with Gasteiger partial charge in [-0.25, -0.2) is 9.78 Å². The lowest BCUT2D eigenvalue weighted by Gasteiger charge is -2.09. The number of halogens is 2. The maximum atomic E-state index is 13.4. The van der Waals surface area contributed by atoms with Gasteiger partial charge in [-0.2, -0.15) is 9.78 Å². The van der Waals surface area contributed by atoms with Crippen LogP contribution in [0.3, 0.4) is 0 Å². The van der Waals surface area contributed by atoms with Gasteiger partial charge in [0.2, 0.25) is 5.82 Å². The van der Waals surface area contributed by atoms with Crippen LogP contribution in [0.2, 0.25) is 5.02 Å². The van der Waals surface area contributed by atoms with Crippen molar-refractivity contribution in [3.05, 3.63) is 92.1 Å². The fraction of sp³-hybridized carbons (Fsp3) is 0.111. The van der Waals surface area contributed by atoms with Gasteiger partial charge in [-0.05, 0) is 83.0 Å². The molecular formula is C27H19BrClN3O5. The lowest BCUT2D eigenvalue weighted by atomic mass is 10.2. The molecule has 0 N–H and O–H groups in total. The third-order valence-electron chi connectivity index (χ3n) is 5.38. The predicted octanol–water partition coefficient (Wildman–Crippen LogP) is 6.05. The molecular weight excluding hydrogens is 562 g/mol. The summed E-state index contributed by atoms with van der Waals surface area (Å²) in [6.45, 7) is 1.81. The Labute approximate surface area is 224 Å². The van der Waals surface area contributed by atoms with Crippen molar-refractivity contribution in [3.8, 4) is 17.3 Å². The molecule has 0 aliphatic heterocycles. The smallest absolute Gasteiger partial charge is 0.344 e. The van der Waals surface area contributed by atoms with Crippen molar-refractivity contribution >= 4 is 61.6 Å². The van der Waals surface area contributed by atoms with E-state index in [2.05, 4.69) is 26.0 Å². The number of esters is 1. The molecule has 0 fully saturated rings. The third-order valence-corrected chi connectivity index (χ3v) is 6.24. The maximum absolute atomic E-state index is 13.4. The average molecular weight is 581 g/mol. The van der Waals surface area contributed by atoms with Gasteiger partial charge in [0.05, 0.1) is 28.2 Å². The first kappa shape index (κ1) is 24.7. The number of rotatable bonds is 7. The molecule has 0 radical (unpaired) electrons. The van der Waals surface area contributed by atoms with E-state index in [9.17, 15) is 9.59 Å². The molecule has 0 aliphatic carbocycles. The van der Waals surface area contributed by atoms with Crippen LogP contribution in [0.25, 0.3) is 33.5 Å². The molecule has 186 valence electrons. The second-order valence-corrected chi connectivity index (χ2v) is 9.18. The van der Waals surface area contributed by atoms with Gasteiger partial charge < -0.3 is 13.9 Å². The van der Waals surface area contributed by atoms with Crippen LogP contribution in [0.5, 0.6) is 5.75 Å². The summed E-state index contributed by atoms with van der Waals surface area (Å²) in [6, 6.07) is 19.3. The Morgan fingerprint density at radius 1 is 1.16 bits per heavy atom. The molecule has 5 aromatic rings. The van der Waals surface area contributed by atoms with Crippen LogP contribution >= 0.6 is 27.5 Å². The molecule has 0 atom stereocenters. The van der Waals surface area contributed by atoms with Gasteiger partial charge in [-0.3, -0.25) is 4.79 Å². The minimum Gasteiger partial charge on any atom is -0.481 e. The lowest BCUT2D eigenvalue weighted by Crippen LogP contribution is -2.20. The van der Waals surface area contributed by atoms with E-state index in [1.54, 1.807) is 67.6 Å². The minimum atomic E-state index is -0.455. The first-order chi connectivity index (χ1) is 17.9. The van der Waals surface area contributed by atoms with E-state index in [4.69, 9.17) is 25.5 Å². The first-order valence-corrected chi connectivity index (χ1v) is 12.4. The third kappa shape index (κ3) is 5.28. The topological polar surface area (TPSA) is 95.9 Å². The predicted molar refractivity (Wildman–Crippen MR) is 145 cm³/mol. The van der Waals surface area contributed by atoms with Crippen molar-refractivity contribution in [2.75, 3.05) is 13.2 Å². The molecule has 5 rings (SSSR count). The fourth-order valence-electron chi connectivity index (χ4n) is 3.69. The van der Waals surface area contributed by atoms with E-state index < -0.39 is 5.97 Å². The number of benzene rings is 3. The zero-order valence-electron chi connectivity index (χ0n) is 19.5. The van der Waals surface area contributed by atoms with Gasteiger partial charge in [0, 0.05) is 10.4 Å². The summed E-state index contributed by atoms with van der Waals surface area (Å²) < 4.78 is 18.2. The highest BCUT2D eigenvalue weighted by molar-refractivity contribution is 9.10. The van der Waals surface area contributed by atoms with Gasteiger partial charge in [0.15, 0.2) is 12.4 Å². The van der Waals surface area contributed by atoms with Crippen LogP contribution < -0.4 is 10.3 Å². The number of hydrogen-bond acceptors (Lipinski definition) is 7. The summed E-state index contributed by atoms with van der Waals surface area (Å²) >= 11 is 9.57. The van der Waals surface area contributed by atoms with Gasteiger partial charge in [-0.1, -0.05) is 23.7 Å². The van der Waals surface area contributed by atoms with E-state index >= 15 is 0 Å². The normalized spacial score (nSPS) is 11.4. The van der Waals surface area contributed by atoms with Crippen molar-refractivity contribution in [2.24, 2.45) is 5.10 Å². The lowest BCUT2D eigenvalue weighted by molar-refractivity contribution is -0.145. The van der Waals surface area contributed by atoms with Crippen LogP contribution in [-0.4, -0.2) is 35.1 Å². The highest BCUT2D eigenvalue weighted by Crippen LogP contribution is 2.29. The first-order valence-electron chi connectivity index (χ1n) is 11.3. The summed E-state index contributed by atoms with van der Waals surface area (Å²) in [6.07, 6.45) is 1.53. The van der Waals surface area contributed by atoms with Crippen molar-refractivity contribution in [2.45, 2.75) is 6.92 Å². The number of ether oxygens (including phenoxy) is 2. The molecule has 0 spiro atoms. The zero-order valence-corrected chi connectivity index (χ0v) is 21.8. The molecule has 0 unspecified atom stereocenters. The van der Waals surface area contributed by atoms with Gasteiger partial charge in [0.1, 0.15) is 11.3 Å². The number of nitrogens with zero attached hydrogens (tertiary/aromatic N) is 3. The Morgan fingerprint density at radius 3 is 2.81 bits per heavy atom. The van der Waals surface area contributed by atoms with E-state index in [1.807, 2.05) is 6.07 Å². The Morgan fingerprint density at radius 2 is 2.00 bits per heavy atom. The number of para-hydroxylation sites is 1. The molecule has 10 heteroatoms. The SMILES string of the molecule is CCOC(=O)COc1ccc(C=Nn2c(-c3cc4cc(Cl)ccc4o3)nc3ccccc3c2=O)cc1Br. The highest BCUT2D eigenvalue weighted by Gasteiger charge is 2.17. The van der Waals surface area contributed by atoms with Gasteiger partial charge in [-0.15, -0.1) is 0 Å². The van der Waals surface area contributed by atoms with Crippen LogP contribution in [0.15, 0.2) is 85.5 Å². The molecule has 37 heavy (non-hydrogen) atoms. The van der Waals surface area contributed by atoms with Crippen LogP contribution in [-0.2, 0) is 9.53 Å². The number of hydrogen-bond donors (Lipinski definition) is 0. The number of aromatic nitrogens is 2. The largest absolute Gasteiger partial charge is 0.481 e. The fourth-order valence-corrected chi connectivity index (χ4v) is 4.38. The van der Waals surface area contributed by atoms with Crippen molar-refractivity contribution in [1.29, 1.82) is 0 Å². The number of fused-ring (bicyclic) bond motifs is 2. The van der Waals surface area contributed by atoms with E-state index in [-0.39, 0.29) is 24.6 Å². The number of carbonyl (C=O) groups is 1. The van der Waals surface area contributed by atoms with E-state index in [0.29, 0.717) is 43.1 Å². The second kappa shape index (κ2) is 10.6. The molecule has 8 nitrogen and oxygen atoms in total. The Balaban J connectivity index is 1.53. The molecule has 3 aromatic carbocycles. The van der Waals surface area contributed by atoms with Gasteiger partial charge >= 0.3 is 5.97 Å². The van der Waals surface area contributed by atoms with Crippen LogP contribution in [0.4, 0.5) is 0 Å². The summed E-state index contributed by atoms with van der Waals surface area (Å²) in [7, 11) is 0. The van der Waals surface area contributed by atoms with E-state index in [0.717, 1.165) is 5.39 Å². The highest BCUT2D eigenvalue weighted by atomic mass is 79.9.